The molecule has 1 fully saturated rings. The predicted octanol–water partition coefficient (Wildman–Crippen LogP) is 1.48. The maximum atomic E-state index is 8.82. The Balaban J connectivity index is 2.32. The lowest BCUT2D eigenvalue weighted by molar-refractivity contribution is -0.136. The average Bonchev–Trinajstić information content (AvgIpc) is 2.01. The Hall–Kier alpha value is -0.590. The van der Waals surface area contributed by atoms with Gasteiger partial charge in [-0.25, -0.2) is 0 Å². The minimum Gasteiger partial charge on any atom is -0.378 e. The molecule has 1 rings (SSSR count). The molecule has 0 aliphatic heterocycles. The molecule has 0 N–H and O–H groups in total. The van der Waals surface area contributed by atoms with Gasteiger partial charge in [0.05, 0.1) is 12.2 Å². The van der Waals surface area contributed by atoms with Crippen molar-refractivity contribution >= 4 is 0 Å². The van der Waals surface area contributed by atoms with Gasteiger partial charge in [-0.2, -0.15) is 5.26 Å². The Bertz CT molecular complexity index is 179. The Labute approximate surface area is 73.3 Å². The quantitative estimate of drug-likeness (QED) is 0.640. The van der Waals surface area contributed by atoms with Crippen LogP contribution in [0.5, 0.6) is 0 Å². The van der Waals surface area contributed by atoms with Gasteiger partial charge in [0.1, 0.15) is 0 Å². The summed E-state index contributed by atoms with van der Waals surface area (Å²) in [6, 6.07) is 2.20. The van der Waals surface area contributed by atoms with Crippen LogP contribution < -0.4 is 0 Å². The molecule has 12 heavy (non-hydrogen) atoms. The summed E-state index contributed by atoms with van der Waals surface area (Å²) in [4.78, 5) is 0. The van der Waals surface area contributed by atoms with E-state index in [1.54, 1.807) is 0 Å². The van der Waals surface area contributed by atoms with Crippen LogP contribution in [0.3, 0.4) is 0 Å². The van der Waals surface area contributed by atoms with Gasteiger partial charge in [0.15, 0.2) is 5.60 Å². The number of nitriles is 1. The third-order valence-corrected chi connectivity index (χ3v) is 2.14. The molecular weight excluding hydrogens is 154 g/mol. The molecule has 0 bridgehead atoms. The molecule has 3 heteroatoms. The summed E-state index contributed by atoms with van der Waals surface area (Å²) in [6.07, 6.45) is 1.69. The van der Waals surface area contributed by atoms with Crippen LogP contribution in [-0.4, -0.2) is 24.9 Å². The van der Waals surface area contributed by atoms with Gasteiger partial charge < -0.3 is 9.47 Å². The number of ether oxygens (including phenoxy) is 2. The van der Waals surface area contributed by atoms with Crippen LogP contribution >= 0.6 is 0 Å². The van der Waals surface area contributed by atoms with Crippen LogP contribution in [0.4, 0.5) is 0 Å². The summed E-state index contributed by atoms with van der Waals surface area (Å²) in [5.74, 6) is 0. The highest BCUT2D eigenvalue weighted by atomic mass is 16.5. The molecule has 1 saturated carbocycles. The Morgan fingerprint density at radius 3 is 2.50 bits per heavy atom. The topological polar surface area (TPSA) is 42.2 Å². The van der Waals surface area contributed by atoms with Crippen LogP contribution in [0.15, 0.2) is 0 Å². The van der Waals surface area contributed by atoms with E-state index in [2.05, 4.69) is 6.07 Å². The maximum absolute atomic E-state index is 8.82. The lowest BCUT2D eigenvalue weighted by Gasteiger charge is -2.41. The van der Waals surface area contributed by atoms with Crippen molar-refractivity contribution in [3.05, 3.63) is 0 Å². The highest BCUT2D eigenvalue weighted by Gasteiger charge is 2.46. The summed E-state index contributed by atoms with van der Waals surface area (Å²) in [5, 5.41) is 8.82. The first-order valence-electron chi connectivity index (χ1n) is 4.43. The monoisotopic (exact) mass is 169 g/mol. The third kappa shape index (κ3) is 1.77. The van der Waals surface area contributed by atoms with Gasteiger partial charge in [-0.15, -0.1) is 0 Å². The molecule has 3 nitrogen and oxygen atoms in total. The maximum Gasteiger partial charge on any atom is 0.159 e. The van der Waals surface area contributed by atoms with Crippen LogP contribution in [0, 0.1) is 11.3 Å². The van der Waals surface area contributed by atoms with Crippen LogP contribution in [-0.2, 0) is 9.47 Å². The molecule has 0 aromatic heterocycles. The molecule has 0 aromatic rings. The van der Waals surface area contributed by atoms with Crippen molar-refractivity contribution in [3.8, 4) is 6.07 Å². The van der Waals surface area contributed by atoms with Gasteiger partial charge in [0, 0.05) is 26.1 Å². The van der Waals surface area contributed by atoms with Gasteiger partial charge in [-0.1, -0.05) is 0 Å². The molecule has 0 radical (unpaired) electrons. The van der Waals surface area contributed by atoms with Crippen molar-refractivity contribution in [2.45, 2.75) is 38.4 Å². The average molecular weight is 169 g/mol. The van der Waals surface area contributed by atoms with E-state index in [1.165, 1.54) is 0 Å². The zero-order valence-electron chi connectivity index (χ0n) is 7.67. The number of hydrogen-bond donors (Lipinski definition) is 0. The predicted molar refractivity (Wildman–Crippen MR) is 44.6 cm³/mol. The van der Waals surface area contributed by atoms with E-state index in [-0.39, 0.29) is 6.10 Å². The molecule has 0 amide bonds. The fraction of sp³-hybridized carbons (Fsp3) is 0.889. The largest absolute Gasteiger partial charge is 0.378 e. The molecule has 1 aliphatic carbocycles. The normalized spacial score (nSPS) is 33.9. The highest BCUT2D eigenvalue weighted by Crippen LogP contribution is 2.37. The molecule has 0 unspecified atom stereocenters. The first-order valence-corrected chi connectivity index (χ1v) is 4.43. The summed E-state index contributed by atoms with van der Waals surface area (Å²) in [6.45, 7) is 5.20. The smallest absolute Gasteiger partial charge is 0.159 e. The van der Waals surface area contributed by atoms with E-state index in [0.29, 0.717) is 6.61 Å². The fourth-order valence-electron chi connectivity index (χ4n) is 1.55. The lowest BCUT2D eigenvalue weighted by Crippen LogP contribution is -2.49. The van der Waals surface area contributed by atoms with E-state index in [9.17, 15) is 0 Å². The molecule has 1 aliphatic rings. The third-order valence-electron chi connectivity index (χ3n) is 2.14. The summed E-state index contributed by atoms with van der Waals surface area (Å²) in [5.41, 5.74) is -0.533. The van der Waals surface area contributed by atoms with E-state index >= 15 is 0 Å². The first-order chi connectivity index (χ1) is 5.76. The Morgan fingerprint density at radius 2 is 2.08 bits per heavy atom. The fourth-order valence-corrected chi connectivity index (χ4v) is 1.55. The summed E-state index contributed by atoms with van der Waals surface area (Å²) in [7, 11) is 0. The van der Waals surface area contributed by atoms with Crippen molar-refractivity contribution in [3.63, 3.8) is 0 Å². The Kier molecular flexibility index (Phi) is 3.07. The number of hydrogen-bond acceptors (Lipinski definition) is 3. The minimum absolute atomic E-state index is 0.237. The second-order valence-corrected chi connectivity index (χ2v) is 3.02. The van der Waals surface area contributed by atoms with E-state index in [4.69, 9.17) is 14.7 Å². The summed E-state index contributed by atoms with van der Waals surface area (Å²) >= 11 is 0. The van der Waals surface area contributed by atoms with Crippen molar-refractivity contribution in [2.75, 3.05) is 13.2 Å². The molecule has 0 heterocycles. The van der Waals surface area contributed by atoms with Gasteiger partial charge >= 0.3 is 0 Å². The highest BCUT2D eigenvalue weighted by molar-refractivity contribution is 5.12. The number of nitrogens with zero attached hydrogens (tertiary/aromatic N) is 1. The molecule has 0 spiro atoms. The Morgan fingerprint density at radius 1 is 1.42 bits per heavy atom. The van der Waals surface area contributed by atoms with Crippen molar-refractivity contribution in [1.82, 2.24) is 0 Å². The van der Waals surface area contributed by atoms with Crippen molar-refractivity contribution in [2.24, 2.45) is 0 Å². The van der Waals surface area contributed by atoms with Gasteiger partial charge in [0.2, 0.25) is 0 Å². The minimum atomic E-state index is -0.533. The second kappa shape index (κ2) is 3.88. The van der Waals surface area contributed by atoms with Crippen LogP contribution in [0.25, 0.3) is 0 Å². The molecule has 0 atom stereocenters. The molecule has 68 valence electrons. The van der Waals surface area contributed by atoms with E-state index in [1.807, 2.05) is 13.8 Å². The standard InChI is InChI=1S/C9H15NO2/c1-3-11-8-5-9(6-8,7-10)12-4-2/h8H,3-6H2,1-2H3. The van der Waals surface area contributed by atoms with E-state index < -0.39 is 5.60 Å². The SMILES string of the molecule is CCOC1CC(C#N)(OCC)C1. The van der Waals surface area contributed by atoms with Crippen molar-refractivity contribution < 1.29 is 9.47 Å². The molecule has 0 aromatic carbocycles. The zero-order chi connectivity index (χ0) is 9.03. The summed E-state index contributed by atoms with van der Waals surface area (Å²) < 4.78 is 10.7. The van der Waals surface area contributed by atoms with Gasteiger partial charge in [-0.3, -0.25) is 0 Å². The number of rotatable bonds is 4. The van der Waals surface area contributed by atoms with Crippen LogP contribution in [0.2, 0.25) is 0 Å². The van der Waals surface area contributed by atoms with Gasteiger partial charge in [-0.05, 0) is 13.8 Å². The van der Waals surface area contributed by atoms with E-state index in [0.717, 1.165) is 19.4 Å². The molecule has 0 saturated heterocycles. The zero-order valence-corrected chi connectivity index (χ0v) is 7.67. The van der Waals surface area contributed by atoms with Crippen LogP contribution in [0.1, 0.15) is 26.7 Å². The molecular formula is C9H15NO2. The second-order valence-electron chi connectivity index (χ2n) is 3.02. The van der Waals surface area contributed by atoms with Gasteiger partial charge in [0.25, 0.3) is 0 Å². The first kappa shape index (κ1) is 9.50. The van der Waals surface area contributed by atoms with Crippen molar-refractivity contribution in [1.29, 1.82) is 5.26 Å². The lowest BCUT2D eigenvalue weighted by atomic mass is 9.78.